The van der Waals surface area contributed by atoms with E-state index in [4.69, 9.17) is 4.74 Å². The number of ether oxygens (including phenoxy) is 1. The molecular formula is C11H14N4OS. The largest absolute Gasteiger partial charge is 0.480 e. The second-order valence-corrected chi connectivity index (χ2v) is 4.48. The summed E-state index contributed by atoms with van der Waals surface area (Å²) in [4.78, 5) is 4.15. The Morgan fingerprint density at radius 1 is 1.41 bits per heavy atom. The van der Waals surface area contributed by atoms with Crippen molar-refractivity contribution < 1.29 is 4.74 Å². The normalized spacial score (nSPS) is 10.5. The van der Waals surface area contributed by atoms with Crippen LogP contribution in [0.1, 0.15) is 5.01 Å². The first-order valence-corrected chi connectivity index (χ1v) is 6.13. The number of hydrogen-bond acceptors (Lipinski definition) is 6. The Hall–Kier alpha value is -1.53. The smallest absolute Gasteiger partial charge is 0.223 e. The molecule has 0 aromatic carbocycles. The third-order valence-electron chi connectivity index (χ3n) is 2.25. The van der Waals surface area contributed by atoms with Crippen molar-refractivity contribution in [3.05, 3.63) is 23.3 Å². The highest BCUT2D eigenvalue weighted by Crippen LogP contribution is 2.29. The van der Waals surface area contributed by atoms with Gasteiger partial charge in [-0.1, -0.05) is 11.3 Å². The molecule has 17 heavy (non-hydrogen) atoms. The number of pyridine rings is 1. The average Bonchev–Trinajstić information content (AvgIpc) is 2.85. The van der Waals surface area contributed by atoms with Crippen LogP contribution in [0.4, 0.5) is 0 Å². The van der Waals surface area contributed by atoms with Crippen molar-refractivity contribution in [2.24, 2.45) is 0 Å². The molecule has 0 radical (unpaired) electrons. The van der Waals surface area contributed by atoms with Gasteiger partial charge in [-0.05, 0) is 19.2 Å². The SMILES string of the molecule is CNCCc1nnc(-c2cccnc2OC)s1. The molecule has 2 rings (SSSR count). The topological polar surface area (TPSA) is 59.9 Å². The second kappa shape index (κ2) is 5.70. The molecule has 1 N–H and O–H groups in total. The van der Waals surface area contributed by atoms with E-state index in [1.54, 1.807) is 24.6 Å². The van der Waals surface area contributed by atoms with Crippen molar-refractivity contribution in [2.75, 3.05) is 20.7 Å². The highest BCUT2D eigenvalue weighted by atomic mass is 32.1. The van der Waals surface area contributed by atoms with Crippen molar-refractivity contribution >= 4 is 11.3 Å². The lowest BCUT2D eigenvalue weighted by Gasteiger charge is -2.02. The van der Waals surface area contributed by atoms with Crippen LogP contribution >= 0.6 is 11.3 Å². The van der Waals surface area contributed by atoms with E-state index < -0.39 is 0 Å². The lowest BCUT2D eigenvalue weighted by molar-refractivity contribution is 0.399. The predicted molar refractivity (Wildman–Crippen MR) is 67.3 cm³/mol. The number of rotatable bonds is 5. The number of likely N-dealkylation sites (N-methyl/N-ethyl adjacent to an activating group) is 1. The molecule has 6 heteroatoms. The fourth-order valence-corrected chi connectivity index (χ4v) is 2.27. The fraction of sp³-hybridized carbons (Fsp3) is 0.364. The minimum absolute atomic E-state index is 0.587. The number of aromatic nitrogens is 3. The van der Waals surface area contributed by atoms with Crippen LogP contribution in [0.5, 0.6) is 5.88 Å². The maximum atomic E-state index is 5.21. The molecule has 0 unspecified atom stereocenters. The predicted octanol–water partition coefficient (Wildman–Crippen LogP) is 1.37. The van der Waals surface area contributed by atoms with E-state index in [0.717, 1.165) is 28.5 Å². The fourth-order valence-electron chi connectivity index (χ4n) is 1.41. The van der Waals surface area contributed by atoms with Gasteiger partial charge >= 0.3 is 0 Å². The Morgan fingerprint density at radius 2 is 2.29 bits per heavy atom. The molecule has 0 saturated carbocycles. The summed E-state index contributed by atoms with van der Waals surface area (Å²) in [5.74, 6) is 0.587. The quantitative estimate of drug-likeness (QED) is 0.868. The molecule has 5 nitrogen and oxygen atoms in total. The second-order valence-electron chi connectivity index (χ2n) is 3.41. The van der Waals surface area contributed by atoms with Gasteiger partial charge in [0.15, 0.2) is 5.01 Å². The lowest BCUT2D eigenvalue weighted by atomic mass is 10.3. The van der Waals surface area contributed by atoms with Crippen LogP contribution < -0.4 is 10.1 Å². The number of hydrogen-bond donors (Lipinski definition) is 1. The molecule has 2 aromatic rings. The first-order chi connectivity index (χ1) is 8.35. The van der Waals surface area contributed by atoms with Crippen molar-refractivity contribution in [3.63, 3.8) is 0 Å². The van der Waals surface area contributed by atoms with Crippen LogP contribution in [-0.4, -0.2) is 35.9 Å². The summed E-state index contributed by atoms with van der Waals surface area (Å²) < 4.78 is 5.21. The zero-order chi connectivity index (χ0) is 12.1. The van der Waals surface area contributed by atoms with Gasteiger partial charge in [0.1, 0.15) is 5.01 Å². The van der Waals surface area contributed by atoms with Gasteiger partial charge in [-0.2, -0.15) is 0 Å². The molecule has 0 aliphatic carbocycles. The van der Waals surface area contributed by atoms with Crippen LogP contribution in [0.3, 0.4) is 0 Å². The third-order valence-corrected chi connectivity index (χ3v) is 3.27. The molecule has 90 valence electrons. The highest BCUT2D eigenvalue weighted by Gasteiger charge is 2.11. The van der Waals surface area contributed by atoms with Gasteiger partial charge in [0.2, 0.25) is 5.88 Å². The average molecular weight is 250 g/mol. The summed E-state index contributed by atoms with van der Waals surface area (Å²) in [6.07, 6.45) is 2.59. The molecular weight excluding hydrogens is 236 g/mol. The summed E-state index contributed by atoms with van der Waals surface area (Å²) in [6, 6.07) is 3.81. The first-order valence-electron chi connectivity index (χ1n) is 5.31. The zero-order valence-corrected chi connectivity index (χ0v) is 10.6. The van der Waals surface area contributed by atoms with Gasteiger partial charge in [-0.3, -0.25) is 0 Å². The van der Waals surface area contributed by atoms with E-state index in [9.17, 15) is 0 Å². The van der Waals surface area contributed by atoms with Gasteiger partial charge in [-0.15, -0.1) is 10.2 Å². The standard InChI is InChI=1S/C11H14N4OS/c1-12-7-5-9-14-15-11(17-9)8-4-3-6-13-10(8)16-2/h3-4,6,12H,5,7H2,1-2H3. The minimum atomic E-state index is 0.587. The van der Waals surface area contributed by atoms with Gasteiger partial charge in [0.05, 0.1) is 12.7 Å². The first kappa shape index (κ1) is 11.9. The van der Waals surface area contributed by atoms with Crippen LogP contribution in [0, 0.1) is 0 Å². The Bertz CT molecular complexity index is 486. The molecule has 0 atom stereocenters. The van der Waals surface area contributed by atoms with E-state index >= 15 is 0 Å². The van der Waals surface area contributed by atoms with Crippen LogP contribution in [-0.2, 0) is 6.42 Å². The molecule has 0 spiro atoms. The van der Waals surface area contributed by atoms with Crippen molar-refractivity contribution in [2.45, 2.75) is 6.42 Å². The van der Waals surface area contributed by atoms with Crippen molar-refractivity contribution in [1.82, 2.24) is 20.5 Å². The Morgan fingerprint density at radius 3 is 3.06 bits per heavy atom. The van der Waals surface area contributed by atoms with Crippen LogP contribution in [0.2, 0.25) is 0 Å². The Labute approximate surface area is 104 Å². The number of nitrogens with one attached hydrogen (secondary N) is 1. The molecule has 0 aliphatic rings. The third kappa shape index (κ3) is 2.78. The van der Waals surface area contributed by atoms with Crippen LogP contribution in [0.25, 0.3) is 10.6 Å². The number of methoxy groups -OCH3 is 1. The maximum Gasteiger partial charge on any atom is 0.223 e. The molecule has 0 fully saturated rings. The van der Waals surface area contributed by atoms with Crippen molar-refractivity contribution in [3.8, 4) is 16.5 Å². The van der Waals surface area contributed by atoms with Gasteiger partial charge in [0, 0.05) is 19.2 Å². The highest BCUT2D eigenvalue weighted by molar-refractivity contribution is 7.14. The minimum Gasteiger partial charge on any atom is -0.480 e. The Kier molecular flexibility index (Phi) is 4.00. The monoisotopic (exact) mass is 250 g/mol. The molecule has 2 heterocycles. The van der Waals surface area contributed by atoms with Gasteiger partial charge < -0.3 is 10.1 Å². The van der Waals surface area contributed by atoms with Gasteiger partial charge in [-0.25, -0.2) is 4.98 Å². The van der Waals surface area contributed by atoms with E-state index in [-0.39, 0.29) is 0 Å². The summed E-state index contributed by atoms with van der Waals surface area (Å²) in [6.45, 7) is 0.902. The lowest BCUT2D eigenvalue weighted by Crippen LogP contribution is -2.09. The van der Waals surface area contributed by atoms with Crippen LogP contribution in [0.15, 0.2) is 18.3 Å². The van der Waals surface area contributed by atoms with E-state index in [1.165, 1.54) is 0 Å². The summed E-state index contributed by atoms with van der Waals surface area (Å²) in [5.41, 5.74) is 0.892. The molecule has 2 aromatic heterocycles. The van der Waals surface area contributed by atoms with E-state index in [0.29, 0.717) is 5.88 Å². The summed E-state index contributed by atoms with van der Waals surface area (Å²) in [7, 11) is 3.53. The Balaban J connectivity index is 2.24. The van der Waals surface area contributed by atoms with Crippen molar-refractivity contribution in [1.29, 1.82) is 0 Å². The van der Waals surface area contributed by atoms with E-state index in [2.05, 4.69) is 20.5 Å². The zero-order valence-electron chi connectivity index (χ0n) is 9.80. The molecule has 0 bridgehead atoms. The molecule has 0 amide bonds. The molecule has 0 saturated heterocycles. The maximum absolute atomic E-state index is 5.21. The van der Waals surface area contributed by atoms with Gasteiger partial charge in [0.25, 0.3) is 0 Å². The molecule has 0 aliphatic heterocycles. The summed E-state index contributed by atoms with van der Waals surface area (Å²) in [5, 5.41) is 13.3. The van der Waals surface area contributed by atoms with E-state index in [1.807, 2.05) is 19.2 Å². The summed E-state index contributed by atoms with van der Waals surface area (Å²) >= 11 is 1.57. The number of nitrogens with zero attached hydrogens (tertiary/aromatic N) is 3.